The molecule has 140 valence electrons. The third-order valence-electron chi connectivity index (χ3n) is 3.32. The van der Waals surface area contributed by atoms with Crippen LogP contribution in [-0.4, -0.2) is 29.3 Å². The van der Waals surface area contributed by atoms with Gasteiger partial charge in [0.05, 0.1) is 17.7 Å². The molecule has 0 fully saturated rings. The zero-order valence-electron chi connectivity index (χ0n) is 13.7. The fourth-order valence-corrected chi connectivity index (χ4v) is 2.99. The first kappa shape index (κ1) is 18.6. The van der Waals surface area contributed by atoms with Gasteiger partial charge < -0.3 is 14.9 Å². The molecular formula is C17H13F2N3O4S. The summed E-state index contributed by atoms with van der Waals surface area (Å²) < 4.78 is 34.1. The lowest BCUT2D eigenvalue weighted by atomic mass is 10.2. The van der Waals surface area contributed by atoms with Crippen molar-refractivity contribution < 1.29 is 27.5 Å². The summed E-state index contributed by atoms with van der Waals surface area (Å²) in [5.41, 5.74) is 5.64. The zero-order chi connectivity index (χ0) is 19.4. The van der Waals surface area contributed by atoms with Gasteiger partial charge in [0.2, 0.25) is 5.91 Å². The van der Waals surface area contributed by atoms with Gasteiger partial charge in [0.15, 0.2) is 5.17 Å². The number of anilines is 1. The number of carbonyl (C=O) groups excluding carboxylic acids is 2. The molecule has 7 nitrogen and oxygen atoms in total. The number of benzene rings is 1. The van der Waals surface area contributed by atoms with Crippen LogP contribution in [0, 0.1) is 0 Å². The van der Waals surface area contributed by atoms with Crippen molar-refractivity contribution in [2.24, 2.45) is 10.7 Å². The Labute approximate surface area is 156 Å². The summed E-state index contributed by atoms with van der Waals surface area (Å²) in [7, 11) is 0. The van der Waals surface area contributed by atoms with Gasteiger partial charge in [-0.05, 0) is 36.4 Å². The largest absolute Gasteiger partial charge is 0.465 e. The number of carbonyl (C=O) groups is 2. The molecule has 2 aromatic rings. The third kappa shape index (κ3) is 4.53. The Morgan fingerprint density at radius 2 is 2.07 bits per heavy atom. The number of aliphatic imine (C=N–C) groups is 1. The maximum atomic E-state index is 12.8. The van der Waals surface area contributed by atoms with Gasteiger partial charge in [-0.15, -0.1) is 0 Å². The highest BCUT2D eigenvalue weighted by Crippen LogP contribution is 2.30. The van der Waals surface area contributed by atoms with Gasteiger partial charge in [0, 0.05) is 6.08 Å². The molecule has 0 spiro atoms. The second kappa shape index (κ2) is 8.04. The van der Waals surface area contributed by atoms with Crippen molar-refractivity contribution in [3.63, 3.8) is 0 Å². The number of amidine groups is 1. The maximum Gasteiger partial charge on any atom is 0.387 e. The Morgan fingerprint density at radius 1 is 1.33 bits per heavy atom. The molecule has 0 bridgehead atoms. The van der Waals surface area contributed by atoms with Crippen molar-refractivity contribution in [2.75, 3.05) is 10.7 Å². The van der Waals surface area contributed by atoms with Gasteiger partial charge in [0.1, 0.15) is 17.2 Å². The number of nitrogens with two attached hydrogens (primary N) is 1. The third-order valence-corrected chi connectivity index (χ3v) is 4.28. The van der Waals surface area contributed by atoms with Crippen LogP contribution in [0.2, 0.25) is 0 Å². The Bertz CT molecular complexity index is 895. The number of ether oxygens (including phenoxy) is 1. The Kier molecular flexibility index (Phi) is 5.55. The van der Waals surface area contributed by atoms with Gasteiger partial charge in [-0.2, -0.15) is 8.78 Å². The molecule has 0 atom stereocenters. The van der Waals surface area contributed by atoms with Gasteiger partial charge in [-0.3, -0.25) is 14.5 Å². The molecule has 0 unspecified atom stereocenters. The maximum absolute atomic E-state index is 12.8. The van der Waals surface area contributed by atoms with Crippen LogP contribution >= 0.6 is 11.8 Å². The molecule has 27 heavy (non-hydrogen) atoms. The normalized spacial score (nSPS) is 15.5. The molecule has 3 rings (SSSR count). The predicted molar refractivity (Wildman–Crippen MR) is 96.3 cm³/mol. The Hall–Kier alpha value is -3.14. The fraction of sp³-hybridized carbons (Fsp3) is 0.118. The van der Waals surface area contributed by atoms with Crippen LogP contribution in [0.4, 0.5) is 14.5 Å². The summed E-state index contributed by atoms with van der Waals surface area (Å²) in [5, 5.41) is 0.235. The Balaban J connectivity index is 1.90. The molecule has 0 saturated carbocycles. The van der Waals surface area contributed by atoms with E-state index < -0.39 is 18.4 Å². The number of furan rings is 1. The number of halogens is 2. The quantitative estimate of drug-likeness (QED) is 0.761. The average Bonchev–Trinajstić information content (AvgIpc) is 3.22. The first-order chi connectivity index (χ1) is 12.9. The monoisotopic (exact) mass is 393 g/mol. The first-order valence-corrected chi connectivity index (χ1v) is 8.57. The van der Waals surface area contributed by atoms with Crippen LogP contribution in [0.25, 0.3) is 6.08 Å². The number of amides is 2. The summed E-state index contributed by atoms with van der Waals surface area (Å²) in [6.07, 6.45) is 2.92. The fourth-order valence-electron chi connectivity index (χ4n) is 2.24. The number of nitrogens with zero attached hydrogens (tertiary/aromatic N) is 2. The van der Waals surface area contributed by atoms with Crippen LogP contribution in [0.5, 0.6) is 5.75 Å². The van der Waals surface area contributed by atoms with E-state index in [9.17, 15) is 18.4 Å². The first-order valence-electron chi connectivity index (χ1n) is 7.58. The van der Waals surface area contributed by atoms with Crippen molar-refractivity contribution in [1.29, 1.82) is 0 Å². The van der Waals surface area contributed by atoms with E-state index in [2.05, 4.69) is 9.73 Å². The van der Waals surface area contributed by atoms with Crippen LogP contribution < -0.4 is 15.4 Å². The van der Waals surface area contributed by atoms with E-state index in [-0.39, 0.29) is 22.4 Å². The average molecular weight is 393 g/mol. The predicted octanol–water partition coefficient (Wildman–Crippen LogP) is 2.84. The summed E-state index contributed by atoms with van der Waals surface area (Å²) in [5.74, 6) is -0.720. The molecule has 0 radical (unpaired) electrons. The lowest BCUT2D eigenvalue weighted by molar-refractivity contribution is -0.115. The molecule has 2 heterocycles. The van der Waals surface area contributed by atoms with E-state index in [1.165, 1.54) is 41.5 Å². The summed E-state index contributed by atoms with van der Waals surface area (Å²) in [6, 6.07) is 8.80. The number of hydrogen-bond donors (Lipinski definition) is 1. The second-order valence-electron chi connectivity index (χ2n) is 5.21. The van der Waals surface area contributed by atoms with E-state index in [0.29, 0.717) is 11.4 Å². The van der Waals surface area contributed by atoms with E-state index in [0.717, 1.165) is 11.8 Å². The molecule has 1 aliphatic rings. The molecule has 1 aromatic heterocycles. The number of primary amides is 1. The number of alkyl halides is 2. The topological polar surface area (TPSA) is 98.1 Å². The van der Waals surface area contributed by atoms with Gasteiger partial charge in [0.25, 0.3) is 5.91 Å². The molecular weight excluding hydrogens is 380 g/mol. The van der Waals surface area contributed by atoms with Crippen LogP contribution in [-0.2, 0) is 9.59 Å². The van der Waals surface area contributed by atoms with E-state index in [4.69, 9.17) is 10.2 Å². The molecule has 1 aromatic carbocycles. The molecule has 2 amide bonds. The summed E-state index contributed by atoms with van der Waals surface area (Å²) >= 11 is 0.988. The SMILES string of the molecule is NC(=O)CSC1=N/C(=C/c2ccco2)C(=O)N1c1ccc(OC(F)F)cc1. The smallest absolute Gasteiger partial charge is 0.387 e. The number of hydrogen-bond acceptors (Lipinski definition) is 6. The highest BCUT2D eigenvalue weighted by atomic mass is 32.2. The minimum Gasteiger partial charge on any atom is -0.465 e. The van der Waals surface area contributed by atoms with Crippen molar-refractivity contribution >= 4 is 40.5 Å². The van der Waals surface area contributed by atoms with E-state index in [1.807, 2.05) is 0 Å². The number of rotatable bonds is 6. The lowest BCUT2D eigenvalue weighted by Crippen LogP contribution is -2.31. The molecule has 2 N–H and O–H groups in total. The van der Waals surface area contributed by atoms with Crippen molar-refractivity contribution in [1.82, 2.24) is 0 Å². The van der Waals surface area contributed by atoms with E-state index in [1.54, 1.807) is 12.1 Å². The van der Waals surface area contributed by atoms with E-state index >= 15 is 0 Å². The minimum absolute atomic E-state index is 0.0463. The second-order valence-corrected chi connectivity index (χ2v) is 6.15. The number of thioether (sulfide) groups is 1. The zero-order valence-corrected chi connectivity index (χ0v) is 14.5. The van der Waals surface area contributed by atoms with Crippen LogP contribution in [0.3, 0.4) is 0 Å². The van der Waals surface area contributed by atoms with Gasteiger partial charge in [-0.1, -0.05) is 11.8 Å². The van der Waals surface area contributed by atoms with Crippen molar-refractivity contribution in [3.05, 3.63) is 54.1 Å². The van der Waals surface area contributed by atoms with Gasteiger partial charge in [-0.25, -0.2) is 4.99 Å². The van der Waals surface area contributed by atoms with Crippen molar-refractivity contribution in [3.8, 4) is 5.75 Å². The standard InChI is InChI=1S/C17H13F2N3O4S/c18-16(19)26-11-5-3-10(4-6-11)22-15(24)13(8-12-2-1-7-25-12)21-17(22)27-9-14(20)23/h1-8,16H,9H2,(H2,20,23)/b13-8+. The lowest BCUT2D eigenvalue weighted by Gasteiger charge is -2.17. The molecule has 1 aliphatic heterocycles. The minimum atomic E-state index is -2.95. The van der Waals surface area contributed by atoms with Crippen LogP contribution in [0.1, 0.15) is 5.76 Å². The molecule has 0 aliphatic carbocycles. The highest BCUT2D eigenvalue weighted by Gasteiger charge is 2.32. The summed E-state index contributed by atoms with van der Waals surface area (Å²) in [6.45, 7) is -2.95. The van der Waals surface area contributed by atoms with Crippen LogP contribution in [0.15, 0.2) is 57.8 Å². The highest BCUT2D eigenvalue weighted by molar-refractivity contribution is 8.14. The van der Waals surface area contributed by atoms with Gasteiger partial charge >= 0.3 is 6.61 Å². The summed E-state index contributed by atoms with van der Waals surface area (Å²) in [4.78, 5) is 29.4. The molecule has 10 heteroatoms. The van der Waals surface area contributed by atoms with Crippen molar-refractivity contribution in [2.45, 2.75) is 6.61 Å². The Morgan fingerprint density at radius 3 is 2.67 bits per heavy atom. The molecule has 0 saturated heterocycles.